The van der Waals surface area contributed by atoms with Crippen LogP contribution in [0, 0.1) is 11.6 Å². The van der Waals surface area contributed by atoms with Gasteiger partial charge in [-0.05, 0) is 36.4 Å². The SMILES string of the molecule is O=C(COc1ccc(F)c(F)c1)Nc1ccccc1Oc1ccccc1. The highest BCUT2D eigenvalue weighted by Crippen LogP contribution is 2.29. The van der Waals surface area contributed by atoms with Crippen LogP contribution in [0.3, 0.4) is 0 Å². The molecule has 1 amide bonds. The lowest BCUT2D eigenvalue weighted by molar-refractivity contribution is -0.118. The van der Waals surface area contributed by atoms with Gasteiger partial charge in [-0.25, -0.2) is 8.78 Å². The number of nitrogens with one attached hydrogen (secondary N) is 1. The van der Waals surface area contributed by atoms with Crippen LogP contribution in [-0.4, -0.2) is 12.5 Å². The monoisotopic (exact) mass is 355 g/mol. The van der Waals surface area contributed by atoms with Gasteiger partial charge >= 0.3 is 0 Å². The van der Waals surface area contributed by atoms with Crippen LogP contribution in [0.25, 0.3) is 0 Å². The van der Waals surface area contributed by atoms with Crippen molar-refractivity contribution in [3.63, 3.8) is 0 Å². The van der Waals surface area contributed by atoms with Crippen molar-refractivity contribution in [2.45, 2.75) is 0 Å². The van der Waals surface area contributed by atoms with Crippen molar-refractivity contribution in [1.82, 2.24) is 0 Å². The molecule has 1 N–H and O–H groups in total. The number of hydrogen-bond acceptors (Lipinski definition) is 3. The van der Waals surface area contributed by atoms with Crippen molar-refractivity contribution >= 4 is 11.6 Å². The molecule has 0 saturated carbocycles. The summed E-state index contributed by atoms with van der Waals surface area (Å²) in [4.78, 5) is 12.1. The molecule has 0 aromatic heterocycles. The summed E-state index contributed by atoms with van der Waals surface area (Å²) in [5, 5.41) is 2.67. The third-order valence-electron chi connectivity index (χ3n) is 3.39. The molecule has 0 aliphatic carbocycles. The molecule has 0 atom stereocenters. The number of ether oxygens (including phenoxy) is 2. The molecular weight excluding hydrogens is 340 g/mol. The molecular formula is C20H15F2NO3. The maximum absolute atomic E-state index is 13.1. The second-order valence-electron chi connectivity index (χ2n) is 5.32. The lowest BCUT2D eigenvalue weighted by atomic mass is 10.3. The van der Waals surface area contributed by atoms with Crippen molar-refractivity contribution in [3.05, 3.63) is 84.4 Å². The fraction of sp³-hybridized carbons (Fsp3) is 0.0500. The zero-order valence-electron chi connectivity index (χ0n) is 13.6. The van der Waals surface area contributed by atoms with E-state index in [2.05, 4.69) is 5.32 Å². The van der Waals surface area contributed by atoms with E-state index in [9.17, 15) is 13.6 Å². The number of halogens is 2. The summed E-state index contributed by atoms with van der Waals surface area (Å²) >= 11 is 0. The van der Waals surface area contributed by atoms with Gasteiger partial charge in [0.2, 0.25) is 0 Å². The molecule has 0 heterocycles. The molecule has 0 unspecified atom stereocenters. The molecule has 3 aromatic rings. The summed E-state index contributed by atoms with van der Waals surface area (Å²) < 4.78 is 37.0. The summed E-state index contributed by atoms with van der Waals surface area (Å²) in [7, 11) is 0. The first-order chi connectivity index (χ1) is 12.6. The van der Waals surface area contributed by atoms with Crippen LogP contribution < -0.4 is 14.8 Å². The number of anilines is 1. The van der Waals surface area contributed by atoms with Crippen molar-refractivity contribution in [2.24, 2.45) is 0 Å². The lowest BCUT2D eigenvalue weighted by Crippen LogP contribution is -2.20. The highest BCUT2D eigenvalue weighted by atomic mass is 19.2. The normalized spacial score (nSPS) is 10.2. The second-order valence-corrected chi connectivity index (χ2v) is 5.32. The van der Waals surface area contributed by atoms with E-state index in [-0.39, 0.29) is 12.4 Å². The Kier molecular flexibility index (Phi) is 5.43. The Morgan fingerprint density at radius 3 is 2.35 bits per heavy atom. The molecule has 0 bridgehead atoms. The van der Waals surface area contributed by atoms with E-state index in [1.165, 1.54) is 6.07 Å². The minimum atomic E-state index is -1.04. The predicted molar refractivity (Wildman–Crippen MR) is 93.4 cm³/mol. The Bertz CT molecular complexity index is 901. The quantitative estimate of drug-likeness (QED) is 0.693. The van der Waals surface area contributed by atoms with Gasteiger partial charge in [-0.15, -0.1) is 0 Å². The summed E-state index contributed by atoms with van der Waals surface area (Å²) in [5.74, 6) is -1.31. The Hall–Kier alpha value is -3.41. The fourth-order valence-corrected chi connectivity index (χ4v) is 2.18. The Morgan fingerprint density at radius 1 is 0.846 bits per heavy atom. The predicted octanol–water partition coefficient (Wildman–Crippen LogP) is 4.77. The van der Waals surface area contributed by atoms with Gasteiger partial charge in [-0.2, -0.15) is 0 Å². The van der Waals surface area contributed by atoms with Crippen LogP contribution in [0.5, 0.6) is 17.2 Å². The summed E-state index contributed by atoms with van der Waals surface area (Å²) in [5.41, 5.74) is 0.468. The van der Waals surface area contributed by atoms with Gasteiger partial charge in [-0.3, -0.25) is 4.79 Å². The van der Waals surface area contributed by atoms with E-state index in [4.69, 9.17) is 9.47 Å². The lowest BCUT2D eigenvalue weighted by Gasteiger charge is -2.12. The number of benzene rings is 3. The van der Waals surface area contributed by atoms with Gasteiger partial charge in [0.15, 0.2) is 24.0 Å². The van der Waals surface area contributed by atoms with E-state index in [0.717, 1.165) is 12.1 Å². The molecule has 3 aromatic carbocycles. The van der Waals surface area contributed by atoms with E-state index in [1.807, 2.05) is 18.2 Å². The van der Waals surface area contributed by atoms with E-state index in [1.54, 1.807) is 36.4 Å². The second kappa shape index (κ2) is 8.11. The Morgan fingerprint density at radius 2 is 1.58 bits per heavy atom. The number of para-hydroxylation sites is 3. The zero-order chi connectivity index (χ0) is 18.4. The third-order valence-corrected chi connectivity index (χ3v) is 3.39. The molecule has 4 nitrogen and oxygen atoms in total. The van der Waals surface area contributed by atoms with Crippen LogP contribution in [0.2, 0.25) is 0 Å². The fourth-order valence-electron chi connectivity index (χ4n) is 2.18. The molecule has 0 radical (unpaired) electrons. The average Bonchev–Trinajstić information content (AvgIpc) is 2.65. The number of amides is 1. The van der Waals surface area contributed by atoms with Crippen LogP contribution in [0.15, 0.2) is 72.8 Å². The number of carbonyl (C=O) groups excluding carboxylic acids is 1. The average molecular weight is 355 g/mol. The molecule has 0 aliphatic heterocycles. The molecule has 0 spiro atoms. The van der Waals surface area contributed by atoms with Gasteiger partial charge in [0.25, 0.3) is 5.91 Å². The number of carbonyl (C=O) groups is 1. The summed E-state index contributed by atoms with van der Waals surface area (Å²) in [6.07, 6.45) is 0. The topological polar surface area (TPSA) is 47.6 Å². The maximum Gasteiger partial charge on any atom is 0.262 e. The standard InChI is InChI=1S/C20H15F2NO3/c21-16-11-10-15(12-17(16)22)25-13-20(24)23-18-8-4-5-9-19(18)26-14-6-2-1-3-7-14/h1-12H,13H2,(H,23,24). The highest BCUT2D eigenvalue weighted by Gasteiger charge is 2.10. The molecule has 26 heavy (non-hydrogen) atoms. The largest absolute Gasteiger partial charge is 0.484 e. The summed E-state index contributed by atoms with van der Waals surface area (Å²) in [6, 6.07) is 19.2. The summed E-state index contributed by atoms with van der Waals surface area (Å²) in [6.45, 7) is -0.356. The van der Waals surface area contributed by atoms with Crippen LogP contribution >= 0.6 is 0 Å². The first-order valence-electron chi connectivity index (χ1n) is 7.81. The van der Waals surface area contributed by atoms with Crippen molar-refractivity contribution in [3.8, 4) is 17.2 Å². The highest BCUT2D eigenvalue weighted by molar-refractivity contribution is 5.93. The maximum atomic E-state index is 13.1. The van der Waals surface area contributed by atoms with E-state index in [0.29, 0.717) is 17.2 Å². The molecule has 132 valence electrons. The van der Waals surface area contributed by atoms with E-state index >= 15 is 0 Å². The minimum absolute atomic E-state index is 0.0628. The molecule has 0 aliphatic rings. The smallest absolute Gasteiger partial charge is 0.262 e. The van der Waals surface area contributed by atoms with Crippen molar-refractivity contribution < 1.29 is 23.0 Å². The van der Waals surface area contributed by atoms with Gasteiger partial charge in [0.1, 0.15) is 11.5 Å². The molecule has 0 fully saturated rings. The first kappa shape index (κ1) is 17.4. The van der Waals surface area contributed by atoms with Crippen LogP contribution in [0.4, 0.5) is 14.5 Å². The first-order valence-corrected chi connectivity index (χ1v) is 7.81. The molecule has 3 rings (SSSR count). The zero-order valence-corrected chi connectivity index (χ0v) is 13.6. The number of rotatable bonds is 6. The third kappa shape index (κ3) is 4.57. The molecule has 6 heteroatoms. The van der Waals surface area contributed by atoms with Crippen LogP contribution in [-0.2, 0) is 4.79 Å². The van der Waals surface area contributed by atoms with Crippen LogP contribution in [0.1, 0.15) is 0 Å². The Balaban J connectivity index is 1.63. The number of hydrogen-bond donors (Lipinski definition) is 1. The van der Waals surface area contributed by atoms with E-state index < -0.39 is 17.5 Å². The van der Waals surface area contributed by atoms with Gasteiger partial charge in [0.05, 0.1) is 5.69 Å². The van der Waals surface area contributed by atoms with Crippen molar-refractivity contribution in [2.75, 3.05) is 11.9 Å². The Labute approximate surface area is 149 Å². The van der Waals surface area contributed by atoms with Gasteiger partial charge < -0.3 is 14.8 Å². The van der Waals surface area contributed by atoms with Crippen molar-refractivity contribution in [1.29, 1.82) is 0 Å². The minimum Gasteiger partial charge on any atom is -0.484 e. The van der Waals surface area contributed by atoms with Gasteiger partial charge in [-0.1, -0.05) is 30.3 Å². The van der Waals surface area contributed by atoms with Gasteiger partial charge in [0, 0.05) is 6.07 Å². The molecule has 0 saturated heterocycles.